The Hall–Kier alpha value is -0.950. The van der Waals surface area contributed by atoms with Gasteiger partial charge in [-0.25, -0.2) is 4.98 Å². The van der Waals surface area contributed by atoms with Crippen molar-refractivity contribution >= 4 is 74.8 Å². The molecular weight excluding hydrogens is 478 g/mol. The molecule has 3 aromatic rings. The maximum atomic E-state index is 6.71. The highest BCUT2D eigenvalue weighted by atomic mass is 35.5. The first-order chi connectivity index (χ1) is 13.4. The van der Waals surface area contributed by atoms with E-state index >= 15 is 0 Å². The largest absolute Gasteiger partial charge is 0.474 e. The van der Waals surface area contributed by atoms with Gasteiger partial charge in [0.2, 0.25) is 4.38 Å². The van der Waals surface area contributed by atoms with Crippen molar-refractivity contribution in [1.82, 2.24) is 9.55 Å². The molecule has 1 aromatic heterocycles. The van der Waals surface area contributed by atoms with Gasteiger partial charge in [0.25, 0.3) is 0 Å². The smallest absolute Gasteiger partial charge is 0.221 e. The van der Waals surface area contributed by atoms with Crippen molar-refractivity contribution in [3.05, 3.63) is 87.4 Å². The molecule has 3 nitrogen and oxygen atoms in total. The number of thioether (sulfide) groups is 1. The fourth-order valence-corrected chi connectivity index (χ4v) is 4.67. The lowest BCUT2D eigenvalue weighted by atomic mass is 10.1. The summed E-state index contributed by atoms with van der Waals surface area (Å²) < 4.78 is 7.92. The zero-order valence-electron chi connectivity index (χ0n) is 14.3. The molecule has 2 unspecified atom stereocenters. The zero-order valence-corrected chi connectivity index (χ0v) is 18.9. The third-order valence-electron chi connectivity index (χ3n) is 3.84. The lowest BCUT2D eigenvalue weighted by molar-refractivity contribution is 0.310. The van der Waals surface area contributed by atoms with E-state index in [0.717, 1.165) is 11.1 Å². The second-order valence-corrected chi connectivity index (χ2v) is 9.22. The summed E-state index contributed by atoms with van der Waals surface area (Å²) in [5.74, 6) is 0. The molecule has 0 radical (unpaired) electrons. The molecule has 0 spiro atoms. The quantitative estimate of drug-likeness (QED) is 0.262. The lowest BCUT2D eigenvalue weighted by Crippen LogP contribution is -2.12. The van der Waals surface area contributed by atoms with Crippen molar-refractivity contribution in [2.24, 2.45) is 0 Å². The van der Waals surface area contributed by atoms with Crippen LogP contribution in [0.15, 0.2) is 61.2 Å². The molecule has 0 aliphatic rings. The molecule has 0 saturated carbocycles. The molecule has 0 aliphatic carbocycles. The average Bonchev–Trinajstić information content (AvgIpc) is 3.20. The number of hydrogen-bond acceptors (Lipinski definition) is 4. The minimum Gasteiger partial charge on any atom is -0.474 e. The predicted octanol–water partition coefficient (Wildman–Crippen LogP) is 7.56. The van der Waals surface area contributed by atoms with E-state index in [0.29, 0.717) is 19.5 Å². The summed E-state index contributed by atoms with van der Waals surface area (Å²) in [6, 6.07) is 12.7. The maximum absolute atomic E-state index is 6.71. The monoisotopic (exact) mass is 490 g/mol. The van der Waals surface area contributed by atoms with Crippen molar-refractivity contribution in [2.75, 3.05) is 0 Å². The Bertz CT molecular complexity index is 936. The number of ether oxygens (including phenoxy) is 1. The van der Waals surface area contributed by atoms with Gasteiger partial charge in [0.15, 0.2) is 0 Å². The molecule has 0 fully saturated rings. The molecule has 0 amide bonds. The number of nitrogens with zero attached hydrogens (tertiary/aromatic N) is 2. The van der Waals surface area contributed by atoms with Crippen LogP contribution < -0.4 is 0 Å². The topological polar surface area (TPSA) is 27.1 Å². The fraction of sp³-hybridized carbons (Fsp3) is 0.158. The van der Waals surface area contributed by atoms with Crippen molar-refractivity contribution in [2.45, 2.75) is 17.4 Å². The molecule has 0 saturated heterocycles. The van der Waals surface area contributed by atoms with E-state index in [1.807, 2.05) is 34.9 Å². The lowest BCUT2D eigenvalue weighted by Gasteiger charge is -2.23. The van der Waals surface area contributed by atoms with Gasteiger partial charge < -0.3 is 9.30 Å². The van der Waals surface area contributed by atoms with E-state index in [4.69, 9.17) is 63.4 Å². The van der Waals surface area contributed by atoms with Gasteiger partial charge >= 0.3 is 0 Å². The van der Waals surface area contributed by atoms with E-state index < -0.39 is 5.50 Å². The summed E-state index contributed by atoms with van der Waals surface area (Å²) in [5.41, 5.74) is 1.35. The van der Waals surface area contributed by atoms with Crippen LogP contribution in [0.4, 0.5) is 0 Å². The van der Waals surface area contributed by atoms with Gasteiger partial charge in [-0.3, -0.25) is 0 Å². The summed E-state index contributed by atoms with van der Waals surface area (Å²) >= 11 is 31.6. The SMILES string of the molecule is S=C(OCc1ccc(Cl)cc1Cl)SC(c1ccc(Cl)cc1)C(Cl)n1ccnc1. The Balaban J connectivity index is 1.73. The maximum Gasteiger partial charge on any atom is 0.221 e. The Morgan fingerprint density at radius 3 is 2.46 bits per heavy atom. The number of hydrogen-bond donors (Lipinski definition) is 0. The van der Waals surface area contributed by atoms with Crippen molar-refractivity contribution in [3.8, 4) is 0 Å². The average molecular weight is 492 g/mol. The number of alkyl halides is 1. The minimum absolute atomic E-state index is 0.207. The molecule has 0 bridgehead atoms. The van der Waals surface area contributed by atoms with Crippen LogP contribution in [-0.4, -0.2) is 13.9 Å². The van der Waals surface area contributed by atoms with Crippen LogP contribution in [-0.2, 0) is 11.3 Å². The number of thiocarbonyl (C=S) groups is 1. The summed E-state index contributed by atoms with van der Waals surface area (Å²) in [7, 11) is 0. The van der Waals surface area contributed by atoms with E-state index in [2.05, 4.69) is 4.98 Å². The fourth-order valence-electron chi connectivity index (χ4n) is 2.42. The van der Waals surface area contributed by atoms with Crippen molar-refractivity contribution in [1.29, 1.82) is 0 Å². The molecule has 0 aliphatic heterocycles. The Kier molecular flexibility index (Phi) is 7.92. The molecular formula is C19H14Cl4N2OS2. The zero-order chi connectivity index (χ0) is 20.1. The summed E-state index contributed by atoms with van der Waals surface area (Å²) in [6.07, 6.45) is 5.15. The van der Waals surface area contributed by atoms with E-state index in [1.54, 1.807) is 30.9 Å². The number of benzene rings is 2. The van der Waals surface area contributed by atoms with Crippen LogP contribution in [0.1, 0.15) is 21.9 Å². The summed E-state index contributed by atoms with van der Waals surface area (Å²) in [6.45, 7) is 0.243. The predicted molar refractivity (Wildman–Crippen MR) is 123 cm³/mol. The van der Waals surface area contributed by atoms with Crippen LogP contribution in [0.3, 0.4) is 0 Å². The van der Waals surface area contributed by atoms with Gasteiger partial charge in [0, 0.05) is 33.0 Å². The van der Waals surface area contributed by atoms with Crippen LogP contribution in [0, 0.1) is 0 Å². The molecule has 9 heteroatoms. The second-order valence-electron chi connectivity index (χ2n) is 5.75. The second kappa shape index (κ2) is 10.2. The Morgan fingerprint density at radius 1 is 1.11 bits per heavy atom. The van der Waals surface area contributed by atoms with Gasteiger partial charge in [-0.15, -0.1) is 0 Å². The summed E-state index contributed by atoms with van der Waals surface area (Å²) in [5, 5.41) is 1.54. The highest BCUT2D eigenvalue weighted by molar-refractivity contribution is 8.22. The first-order valence-corrected chi connectivity index (χ1v) is 10.9. The molecule has 28 heavy (non-hydrogen) atoms. The van der Waals surface area contributed by atoms with Gasteiger partial charge in [-0.05, 0) is 42.0 Å². The molecule has 3 rings (SSSR count). The molecule has 2 aromatic carbocycles. The molecule has 1 heterocycles. The number of imidazole rings is 1. The highest BCUT2D eigenvalue weighted by Crippen LogP contribution is 2.42. The van der Waals surface area contributed by atoms with E-state index in [9.17, 15) is 0 Å². The standard InChI is InChI=1S/C19H14Cl4N2OS2/c20-14-4-1-12(2-5-14)17(18(23)25-8-7-24-11-25)28-19(27)26-10-13-3-6-15(21)9-16(13)22/h1-9,11,17-18H,10H2. The van der Waals surface area contributed by atoms with Gasteiger partial charge in [0.05, 0.1) is 11.6 Å². The molecule has 2 atom stereocenters. The van der Waals surface area contributed by atoms with E-state index in [1.165, 1.54) is 11.8 Å². The highest BCUT2D eigenvalue weighted by Gasteiger charge is 2.25. The Labute approximate surface area is 192 Å². The van der Waals surface area contributed by atoms with Gasteiger partial charge in [-0.1, -0.05) is 76.4 Å². The van der Waals surface area contributed by atoms with Crippen LogP contribution in [0.5, 0.6) is 0 Å². The van der Waals surface area contributed by atoms with Crippen LogP contribution in [0.25, 0.3) is 0 Å². The number of rotatable bonds is 6. The van der Waals surface area contributed by atoms with E-state index in [-0.39, 0.29) is 11.9 Å². The van der Waals surface area contributed by atoms with Crippen LogP contribution >= 0.6 is 70.4 Å². The normalized spacial score (nSPS) is 13.1. The first-order valence-electron chi connectivity index (χ1n) is 8.08. The Morgan fingerprint density at radius 2 is 1.82 bits per heavy atom. The van der Waals surface area contributed by atoms with Crippen molar-refractivity contribution in [3.63, 3.8) is 0 Å². The number of halogens is 4. The number of aromatic nitrogens is 2. The first kappa shape index (κ1) is 21.8. The van der Waals surface area contributed by atoms with Crippen molar-refractivity contribution < 1.29 is 4.74 Å². The molecule has 0 N–H and O–H groups in total. The minimum atomic E-state index is -0.422. The third kappa shape index (κ3) is 5.78. The van der Waals surface area contributed by atoms with Gasteiger partial charge in [0.1, 0.15) is 12.1 Å². The third-order valence-corrected chi connectivity index (χ3v) is 6.81. The molecule has 146 valence electrons. The van der Waals surface area contributed by atoms with Gasteiger partial charge in [-0.2, -0.15) is 0 Å². The van der Waals surface area contributed by atoms with Crippen LogP contribution in [0.2, 0.25) is 15.1 Å². The summed E-state index contributed by atoms with van der Waals surface area (Å²) in [4.78, 5) is 4.06.